The SMILES string of the molecule is N=C(N)N(C1CC2CCC1C2)C1CC2CCC1C2. The second-order valence-corrected chi connectivity index (χ2v) is 7.28. The van der Waals surface area contributed by atoms with Gasteiger partial charge in [-0.2, -0.15) is 0 Å². The first kappa shape index (κ1) is 11.1. The van der Waals surface area contributed by atoms with Gasteiger partial charge in [0.1, 0.15) is 0 Å². The van der Waals surface area contributed by atoms with Crippen LogP contribution in [0.2, 0.25) is 0 Å². The smallest absolute Gasteiger partial charge is 0.188 e. The molecule has 18 heavy (non-hydrogen) atoms. The van der Waals surface area contributed by atoms with Gasteiger partial charge in [-0.25, -0.2) is 0 Å². The molecule has 4 saturated carbocycles. The standard InChI is InChI=1S/C15H25N3/c16-15(17)18(13-7-9-1-3-11(13)5-9)14-8-10-2-4-12(14)6-10/h9-14H,1-8H2,(H3,16,17). The van der Waals surface area contributed by atoms with Gasteiger partial charge in [0, 0.05) is 12.1 Å². The summed E-state index contributed by atoms with van der Waals surface area (Å²) in [5.74, 6) is 3.95. The van der Waals surface area contributed by atoms with Crippen LogP contribution in [0.5, 0.6) is 0 Å². The zero-order valence-electron chi connectivity index (χ0n) is 11.1. The van der Waals surface area contributed by atoms with Gasteiger partial charge in [-0.15, -0.1) is 0 Å². The van der Waals surface area contributed by atoms with Crippen molar-refractivity contribution >= 4 is 5.96 Å². The molecule has 6 unspecified atom stereocenters. The van der Waals surface area contributed by atoms with Crippen molar-refractivity contribution in [1.82, 2.24) is 4.90 Å². The minimum absolute atomic E-state index is 0.366. The summed E-state index contributed by atoms with van der Waals surface area (Å²) in [7, 11) is 0. The van der Waals surface area contributed by atoms with Crippen LogP contribution in [-0.2, 0) is 0 Å². The molecular formula is C15H25N3. The number of nitrogens with zero attached hydrogens (tertiary/aromatic N) is 1. The number of hydrogen-bond donors (Lipinski definition) is 2. The van der Waals surface area contributed by atoms with Crippen LogP contribution < -0.4 is 5.73 Å². The van der Waals surface area contributed by atoms with Gasteiger partial charge in [0.15, 0.2) is 5.96 Å². The first-order valence-electron chi connectivity index (χ1n) is 7.84. The van der Waals surface area contributed by atoms with Crippen LogP contribution in [0.3, 0.4) is 0 Å². The zero-order chi connectivity index (χ0) is 12.3. The van der Waals surface area contributed by atoms with E-state index in [-0.39, 0.29) is 0 Å². The van der Waals surface area contributed by atoms with E-state index in [0.717, 1.165) is 23.7 Å². The monoisotopic (exact) mass is 247 g/mol. The lowest BCUT2D eigenvalue weighted by Crippen LogP contribution is -2.53. The van der Waals surface area contributed by atoms with Crippen molar-refractivity contribution in [2.45, 2.75) is 63.5 Å². The number of hydrogen-bond acceptors (Lipinski definition) is 1. The van der Waals surface area contributed by atoms with Crippen molar-refractivity contribution in [3.05, 3.63) is 0 Å². The molecule has 4 aliphatic carbocycles. The van der Waals surface area contributed by atoms with Gasteiger partial charge in [0.05, 0.1) is 0 Å². The van der Waals surface area contributed by atoms with Gasteiger partial charge >= 0.3 is 0 Å². The largest absolute Gasteiger partial charge is 0.370 e. The van der Waals surface area contributed by atoms with E-state index < -0.39 is 0 Å². The van der Waals surface area contributed by atoms with Crippen LogP contribution in [0.1, 0.15) is 51.4 Å². The Labute approximate surface area is 110 Å². The number of guanidine groups is 1. The van der Waals surface area contributed by atoms with Crippen LogP contribution in [-0.4, -0.2) is 22.9 Å². The summed E-state index contributed by atoms with van der Waals surface area (Å²) in [5, 5.41) is 8.04. The summed E-state index contributed by atoms with van der Waals surface area (Å²) < 4.78 is 0. The normalized spacial score (nSPS) is 48.9. The topological polar surface area (TPSA) is 53.1 Å². The fraction of sp³-hybridized carbons (Fsp3) is 0.933. The lowest BCUT2D eigenvalue weighted by Gasteiger charge is -2.42. The average Bonchev–Trinajstić information content (AvgIpc) is 3.09. The third-order valence-corrected chi connectivity index (χ3v) is 6.39. The molecule has 0 aromatic rings. The van der Waals surface area contributed by atoms with Crippen LogP contribution >= 0.6 is 0 Å². The molecule has 4 aliphatic rings. The molecule has 0 amide bonds. The fourth-order valence-corrected chi connectivity index (χ4v) is 5.71. The maximum atomic E-state index is 8.04. The quantitative estimate of drug-likeness (QED) is 0.582. The summed E-state index contributed by atoms with van der Waals surface area (Å²) in [6.07, 6.45) is 11.1. The molecule has 3 heteroatoms. The summed E-state index contributed by atoms with van der Waals surface area (Å²) in [6.45, 7) is 0. The first-order chi connectivity index (χ1) is 8.72. The van der Waals surface area contributed by atoms with E-state index in [1.54, 1.807) is 0 Å². The predicted octanol–water partition coefficient (Wildman–Crippen LogP) is 2.56. The molecule has 4 rings (SSSR count). The van der Waals surface area contributed by atoms with E-state index in [1.165, 1.54) is 51.4 Å². The lowest BCUT2D eigenvalue weighted by atomic mass is 9.88. The van der Waals surface area contributed by atoms with Crippen LogP contribution in [0.15, 0.2) is 0 Å². The van der Waals surface area contributed by atoms with Gasteiger partial charge in [0.25, 0.3) is 0 Å². The third kappa shape index (κ3) is 1.52. The van der Waals surface area contributed by atoms with Gasteiger partial charge in [-0.1, -0.05) is 12.8 Å². The highest BCUT2D eigenvalue weighted by molar-refractivity contribution is 5.75. The number of nitrogens with one attached hydrogen (secondary N) is 1. The molecule has 4 bridgehead atoms. The second-order valence-electron chi connectivity index (χ2n) is 7.28. The summed E-state index contributed by atoms with van der Waals surface area (Å²) >= 11 is 0. The fourth-order valence-electron chi connectivity index (χ4n) is 5.71. The molecule has 3 nitrogen and oxygen atoms in total. The summed E-state index contributed by atoms with van der Waals surface area (Å²) in [5.41, 5.74) is 5.97. The Morgan fingerprint density at radius 1 is 0.833 bits per heavy atom. The first-order valence-corrected chi connectivity index (χ1v) is 7.84. The van der Waals surface area contributed by atoms with Crippen molar-refractivity contribution in [2.75, 3.05) is 0 Å². The highest BCUT2D eigenvalue weighted by Gasteiger charge is 2.49. The second kappa shape index (κ2) is 3.88. The van der Waals surface area contributed by atoms with E-state index in [0.29, 0.717) is 18.0 Å². The van der Waals surface area contributed by atoms with Crippen LogP contribution in [0.25, 0.3) is 0 Å². The molecule has 0 radical (unpaired) electrons. The predicted molar refractivity (Wildman–Crippen MR) is 72.2 cm³/mol. The zero-order valence-corrected chi connectivity index (χ0v) is 11.1. The van der Waals surface area contributed by atoms with Gasteiger partial charge in [-0.3, -0.25) is 5.41 Å². The molecule has 0 aromatic carbocycles. The Morgan fingerprint density at radius 2 is 1.33 bits per heavy atom. The summed E-state index contributed by atoms with van der Waals surface area (Å²) in [6, 6.07) is 1.23. The molecule has 0 aliphatic heterocycles. The van der Waals surface area contributed by atoms with E-state index in [9.17, 15) is 0 Å². The minimum atomic E-state index is 0.366. The molecule has 0 saturated heterocycles. The Kier molecular flexibility index (Phi) is 2.40. The van der Waals surface area contributed by atoms with Crippen LogP contribution in [0.4, 0.5) is 0 Å². The molecule has 4 fully saturated rings. The maximum absolute atomic E-state index is 8.04. The third-order valence-electron chi connectivity index (χ3n) is 6.39. The Balaban J connectivity index is 1.56. The lowest BCUT2D eigenvalue weighted by molar-refractivity contribution is 0.133. The van der Waals surface area contributed by atoms with Crippen LogP contribution in [0, 0.1) is 29.1 Å². The Morgan fingerprint density at radius 3 is 1.61 bits per heavy atom. The average molecular weight is 247 g/mol. The maximum Gasteiger partial charge on any atom is 0.188 e. The Bertz CT molecular complexity index is 339. The molecular weight excluding hydrogens is 222 g/mol. The van der Waals surface area contributed by atoms with E-state index >= 15 is 0 Å². The van der Waals surface area contributed by atoms with Crippen molar-refractivity contribution in [3.8, 4) is 0 Å². The van der Waals surface area contributed by atoms with Gasteiger partial charge < -0.3 is 10.6 Å². The summed E-state index contributed by atoms with van der Waals surface area (Å²) in [4.78, 5) is 2.37. The van der Waals surface area contributed by atoms with E-state index in [4.69, 9.17) is 11.1 Å². The molecule has 6 atom stereocenters. The minimum Gasteiger partial charge on any atom is -0.370 e. The Hall–Kier alpha value is -0.730. The molecule has 100 valence electrons. The van der Waals surface area contributed by atoms with Gasteiger partial charge in [-0.05, 0) is 62.2 Å². The number of nitrogens with two attached hydrogens (primary N) is 1. The van der Waals surface area contributed by atoms with Crippen molar-refractivity contribution in [2.24, 2.45) is 29.4 Å². The highest BCUT2D eigenvalue weighted by Crippen LogP contribution is 2.51. The molecule has 3 N–H and O–H groups in total. The molecule has 0 spiro atoms. The van der Waals surface area contributed by atoms with E-state index in [2.05, 4.69) is 4.90 Å². The van der Waals surface area contributed by atoms with E-state index in [1.807, 2.05) is 0 Å². The number of fused-ring (bicyclic) bond motifs is 4. The van der Waals surface area contributed by atoms with Crippen molar-refractivity contribution < 1.29 is 0 Å². The van der Waals surface area contributed by atoms with Gasteiger partial charge in [0.2, 0.25) is 0 Å². The molecule has 0 aromatic heterocycles. The van der Waals surface area contributed by atoms with Crippen molar-refractivity contribution in [1.29, 1.82) is 5.41 Å². The molecule has 0 heterocycles. The highest BCUT2D eigenvalue weighted by atomic mass is 15.3. The van der Waals surface area contributed by atoms with Crippen molar-refractivity contribution in [3.63, 3.8) is 0 Å². The number of rotatable bonds is 2.